The van der Waals surface area contributed by atoms with Gasteiger partial charge in [0.05, 0.1) is 7.11 Å². The highest BCUT2D eigenvalue weighted by Crippen LogP contribution is 2.34. The molecule has 4 aromatic rings. The van der Waals surface area contributed by atoms with Gasteiger partial charge in [0, 0.05) is 41.2 Å². The van der Waals surface area contributed by atoms with Crippen molar-refractivity contribution in [1.29, 1.82) is 0 Å². The van der Waals surface area contributed by atoms with Gasteiger partial charge in [-0.1, -0.05) is 59.6 Å². The number of hydrogen-bond acceptors (Lipinski definition) is 4. The van der Waals surface area contributed by atoms with Gasteiger partial charge in [-0.3, -0.25) is 10.1 Å². The number of para-hydroxylation sites is 1. The Morgan fingerprint density at radius 1 is 1.09 bits per heavy atom. The molecule has 1 unspecified atom stereocenters. The fourth-order valence-corrected chi connectivity index (χ4v) is 4.17. The highest BCUT2D eigenvalue weighted by atomic mass is 35.5. The molecule has 0 fully saturated rings. The average Bonchev–Trinajstić information content (AvgIpc) is 3.24. The number of nitrogens with one attached hydrogen (secondary N) is 2. The molecule has 0 saturated heterocycles. The Bertz CT molecular complexity index is 1300. The normalized spacial score (nSPS) is 12.0. The van der Waals surface area contributed by atoms with Crippen LogP contribution in [0.4, 0.5) is 0 Å². The van der Waals surface area contributed by atoms with E-state index in [1.165, 1.54) is 0 Å². The van der Waals surface area contributed by atoms with Gasteiger partial charge >= 0.3 is 5.97 Å². The highest BCUT2D eigenvalue weighted by molar-refractivity contribution is 6.31. The Hall–Kier alpha value is -3.48. The van der Waals surface area contributed by atoms with Gasteiger partial charge in [0.25, 0.3) is 0 Å². The van der Waals surface area contributed by atoms with Crippen LogP contribution in [0.3, 0.4) is 0 Å². The smallest absolute Gasteiger partial charge is 0.321 e. The molecule has 3 N–H and O–H groups in total. The summed E-state index contributed by atoms with van der Waals surface area (Å²) in [6.45, 7) is 2.69. The van der Waals surface area contributed by atoms with Crippen LogP contribution in [0.5, 0.6) is 11.5 Å². The van der Waals surface area contributed by atoms with Crippen LogP contribution in [-0.2, 0) is 24.4 Å². The van der Waals surface area contributed by atoms with Gasteiger partial charge in [-0.05, 0) is 35.7 Å². The van der Waals surface area contributed by atoms with Crippen LogP contribution in [0.2, 0.25) is 5.02 Å². The van der Waals surface area contributed by atoms with Crippen molar-refractivity contribution in [3.8, 4) is 11.5 Å². The second-order valence-corrected chi connectivity index (χ2v) is 8.61. The molecule has 0 radical (unpaired) electrons. The molecule has 34 heavy (non-hydrogen) atoms. The summed E-state index contributed by atoms with van der Waals surface area (Å²) in [5.41, 5.74) is 4.86. The molecule has 4 rings (SSSR count). The van der Waals surface area contributed by atoms with E-state index in [0.717, 1.165) is 33.2 Å². The van der Waals surface area contributed by atoms with Crippen molar-refractivity contribution in [2.45, 2.75) is 32.5 Å². The number of halogens is 1. The molecule has 0 saturated carbocycles. The number of aromatic amines is 1. The van der Waals surface area contributed by atoms with Crippen molar-refractivity contribution in [3.63, 3.8) is 0 Å². The van der Waals surface area contributed by atoms with Gasteiger partial charge < -0.3 is 19.6 Å². The lowest BCUT2D eigenvalue weighted by atomic mass is 10.0. The van der Waals surface area contributed by atoms with Gasteiger partial charge in [-0.2, -0.15) is 0 Å². The molecule has 1 aromatic heterocycles. The number of rotatable bonds is 10. The fourth-order valence-electron chi connectivity index (χ4n) is 3.95. The van der Waals surface area contributed by atoms with E-state index in [2.05, 4.69) is 16.4 Å². The molecule has 0 aliphatic heterocycles. The standard InChI is InChI=1S/C27H27ClN2O4/c1-17-6-5-7-18(10-17)16-34-26-13-22(28)20(12-25(26)33-2)15-30-24(27(31)32)11-19-14-29-23-9-4-3-8-21(19)23/h3-10,12-14,24,29-30H,11,15-16H2,1-2H3,(H,31,32). The second-order valence-electron chi connectivity index (χ2n) is 8.21. The van der Waals surface area contributed by atoms with E-state index in [0.29, 0.717) is 29.5 Å². The lowest BCUT2D eigenvalue weighted by Crippen LogP contribution is -2.38. The van der Waals surface area contributed by atoms with Gasteiger partial charge in [-0.25, -0.2) is 0 Å². The van der Waals surface area contributed by atoms with E-state index < -0.39 is 12.0 Å². The van der Waals surface area contributed by atoms with E-state index in [1.54, 1.807) is 19.2 Å². The monoisotopic (exact) mass is 478 g/mol. The number of aliphatic carboxylic acids is 1. The summed E-state index contributed by atoms with van der Waals surface area (Å²) >= 11 is 6.52. The number of fused-ring (bicyclic) bond motifs is 1. The van der Waals surface area contributed by atoms with Gasteiger partial charge in [-0.15, -0.1) is 0 Å². The van der Waals surface area contributed by atoms with Gasteiger partial charge in [0.2, 0.25) is 0 Å². The molecule has 1 atom stereocenters. The summed E-state index contributed by atoms with van der Waals surface area (Å²) in [5.74, 6) is 0.148. The van der Waals surface area contributed by atoms with E-state index in [1.807, 2.05) is 55.6 Å². The zero-order valence-corrected chi connectivity index (χ0v) is 19.9. The Labute approximate surface area is 203 Å². The third-order valence-corrected chi connectivity index (χ3v) is 6.10. The molecule has 0 aliphatic rings. The number of aryl methyl sites for hydroxylation is 1. The number of benzene rings is 3. The summed E-state index contributed by atoms with van der Waals surface area (Å²) in [7, 11) is 1.57. The molecule has 6 nitrogen and oxygen atoms in total. The molecule has 1 heterocycles. The SMILES string of the molecule is COc1cc(CNC(Cc2c[nH]c3ccccc23)C(=O)O)c(Cl)cc1OCc1cccc(C)c1. The Morgan fingerprint density at radius 2 is 1.91 bits per heavy atom. The first-order valence-electron chi connectivity index (χ1n) is 11.0. The number of methoxy groups -OCH3 is 1. The maximum atomic E-state index is 11.9. The van der Waals surface area contributed by atoms with Crippen LogP contribution in [0.15, 0.2) is 66.9 Å². The molecular formula is C27H27ClN2O4. The van der Waals surface area contributed by atoms with Gasteiger partial charge in [0.15, 0.2) is 11.5 Å². The average molecular weight is 479 g/mol. The number of hydrogen-bond donors (Lipinski definition) is 3. The first-order chi connectivity index (χ1) is 16.4. The zero-order chi connectivity index (χ0) is 24.1. The van der Waals surface area contributed by atoms with Crippen molar-refractivity contribution in [2.75, 3.05) is 7.11 Å². The summed E-state index contributed by atoms with van der Waals surface area (Å²) in [6, 6.07) is 18.6. The third kappa shape index (κ3) is 5.53. The first kappa shape index (κ1) is 23.7. The predicted octanol–water partition coefficient (Wildman–Crippen LogP) is 5.50. The van der Waals surface area contributed by atoms with Gasteiger partial charge in [0.1, 0.15) is 12.6 Å². The number of ether oxygens (including phenoxy) is 2. The lowest BCUT2D eigenvalue weighted by molar-refractivity contribution is -0.139. The molecule has 0 spiro atoms. The molecular weight excluding hydrogens is 452 g/mol. The lowest BCUT2D eigenvalue weighted by Gasteiger charge is -2.17. The van der Waals surface area contributed by atoms with Crippen molar-refractivity contribution >= 4 is 28.5 Å². The maximum absolute atomic E-state index is 11.9. The summed E-state index contributed by atoms with van der Waals surface area (Å²) in [4.78, 5) is 15.1. The quantitative estimate of drug-likeness (QED) is 0.280. The molecule has 0 bridgehead atoms. The van der Waals surface area contributed by atoms with Crippen molar-refractivity contribution in [1.82, 2.24) is 10.3 Å². The largest absolute Gasteiger partial charge is 0.493 e. The number of carboxylic acid groups (broad SMARTS) is 1. The van der Waals surface area contributed by atoms with Crippen LogP contribution in [0.25, 0.3) is 10.9 Å². The Kier molecular flexibility index (Phi) is 7.40. The number of H-pyrrole nitrogens is 1. The van der Waals surface area contributed by atoms with Crippen LogP contribution >= 0.6 is 11.6 Å². The number of carbonyl (C=O) groups is 1. The van der Waals surface area contributed by atoms with Crippen LogP contribution < -0.4 is 14.8 Å². The van der Waals surface area contributed by atoms with E-state index in [4.69, 9.17) is 21.1 Å². The first-order valence-corrected chi connectivity index (χ1v) is 11.4. The summed E-state index contributed by atoms with van der Waals surface area (Å²) in [5, 5.41) is 14.4. The fraction of sp³-hybridized carbons (Fsp3) is 0.222. The Morgan fingerprint density at radius 3 is 2.68 bits per heavy atom. The number of carboxylic acids is 1. The minimum Gasteiger partial charge on any atom is -0.493 e. The third-order valence-electron chi connectivity index (χ3n) is 5.75. The topological polar surface area (TPSA) is 83.6 Å². The molecule has 7 heteroatoms. The number of aromatic nitrogens is 1. The Balaban J connectivity index is 1.46. The maximum Gasteiger partial charge on any atom is 0.321 e. The molecule has 3 aromatic carbocycles. The van der Waals surface area contributed by atoms with Crippen LogP contribution in [0, 0.1) is 6.92 Å². The van der Waals surface area contributed by atoms with Crippen molar-refractivity contribution in [2.24, 2.45) is 0 Å². The van der Waals surface area contributed by atoms with E-state index in [-0.39, 0.29) is 6.54 Å². The second kappa shape index (κ2) is 10.6. The molecule has 0 aliphatic carbocycles. The summed E-state index contributed by atoms with van der Waals surface area (Å²) in [6.07, 6.45) is 2.20. The van der Waals surface area contributed by atoms with Crippen LogP contribution in [0.1, 0.15) is 22.3 Å². The molecule has 176 valence electrons. The van der Waals surface area contributed by atoms with E-state index >= 15 is 0 Å². The zero-order valence-electron chi connectivity index (χ0n) is 19.1. The molecule has 0 amide bonds. The van der Waals surface area contributed by atoms with Crippen molar-refractivity contribution in [3.05, 3.63) is 94.1 Å². The predicted molar refractivity (Wildman–Crippen MR) is 134 cm³/mol. The highest BCUT2D eigenvalue weighted by Gasteiger charge is 2.20. The van der Waals surface area contributed by atoms with Crippen LogP contribution in [-0.4, -0.2) is 29.2 Å². The summed E-state index contributed by atoms with van der Waals surface area (Å²) < 4.78 is 11.5. The van der Waals surface area contributed by atoms with Crippen molar-refractivity contribution < 1.29 is 19.4 Å². The minimum atomic E-state index is -0.925. The van der Waals surface area contributed by atoms with E-state index in [9.17, 15) is 9.90 Å². The minimum absolute atomic E-state index is 0.271.